The predicted molar refractivity (Wildman–Crippen MR) is 108 cm³/mol. The smallest absolute Gasteiger partial charge is 0.248 e. The zero-order chi connectivity index (χ0) is 19.7. The maximum Gasteiger partial charge on any atom is 0.248 e. The monoisotopic (exact) mass is 408 g/mol. The summed E-state index contributed by atoms with van der Waals surface area (Å²) in [6.45, 7) is 1.83. The number of Topliss-reactive ketones (excluding diaryl/α,β-unsaturated/α-hetero) is 1. The molecule has 2 heterocycles. The molecule has 2 aromatic rings. The highest BCUT2D eigenvalue weighted by Crippen LogP contribution is 2.39. The lowest BCUT2D eigenvalue weighted by molar-refractivity contribution is -0.0535. The van der Waals surface area contributed by atoms with E-state index < -0.39 is 5.92 Å². The Morgan fingerprint density at radius 1 is 1.29 bits per heavy atom. The molecule has 2 fully saturated rings. The van der Waals surface area contributed by atoms with Crippen LogP contribution in [0.5, 0.6) is 0 Å². The zero-order valence-corrected chi connectivity index (χ0v) is 16.8. The summed E-state index contributed by atoms with van der Waals surface area (Å²) >= 11 is 6.44. The van der Waals surface area contributed by atoms with E-state index in [1.54, 1.807) is 6.07 Å². The molecule has 1 saturated heterocycles. The van der Waals surface area contributed by atoms with Crippen molar-refractivity contribution in [1.82, 2.24) is 9.88 Å². The fourth-order valence-corrected chi connectivity index (χ4v) is 5.08. The largest absolute Gasteiger partial charge is 0.345 e. The molecule has 1 N–H and O–H groups in total. The second-order valence-electron chi connectivity index (χ2n) is 8.40. The highest BCUT2D eigenvalue weighted by Gasteiger charge is 2.36. The first-order chi connectivity index (χ1) is 13.4. The lowest BCUT2D eigenvalue weighted by atomic mass is 9.83. The van der Waals surface area contributed by atoms with E-state index in [0.717, 1.165) is 36.8 Å². The van der Waals surface area contributed by atoms with Gasteiger partial charge in [0.05, 0.1) is 10.5 Å². The minimum absolute atomic E-state index is 0.00474. The summed E-state index contributed by atoms with van der Waals surface area (Å²) in [7, 11) is 0. The lowest BCUT2D eigenvalue weighted by Gasteiger charge is -2.28. The third-order valence-electron chi connectivity index (χ3n) is 6.26. The Balaban J connectivity index is 1.53. The number of benzene rings is 1. The standard InChI is InChI=1S/C22H27ClF2N2O/c23-18-6-1-7-19-21(18)17(14-27(19)13-16-5-3-11-26-16)20(28)9-8-15-4-2-10-22(24,25)12-15/h1,6-7,14-16,26H,2-5,8-13H2. The number of hydrogen-bond acceptors (Lipinski definition) is 2. The average molecular weight is 409 g/mol. The van der Waals surface area contributed by atoms with Gasteiger partial charge in [-0.15, -0.1) is 0 Å². The zero-order valence-electron chi connectivity index (χ0n) is 16.0. The molecule has 1 aromatic carbocycles. The molecule has 1 saturated carbocycles. The number of aromatic nitrogens is 1. The number of alkyl halides is 2. The average Bonchev–Trinajstić information content (AvgIpc) is 3.28. The number of fused-ring (bicyclic) bond motifs is 1. The van der Waals surface area contributed by atoms with Crippen LogP contribution < -0.4 is 5.32 Å². The van der Waals surface area contributed by atoms with Gasteiger partial charge in [-0.05, 0) is 50.3 Å². The molecule has 2 unspecified atom stereocenters. The quantitative estimate of drug-likeness (QED) is 0.609. The van der Waals surface area contributed by atoms with E-state index in [2.05, 4.69) is 9.88 Å². The van der Waals surface area contributed by atoms with Crippen molar-refractivity contribution in [3.05, 3.63) is 35.0 Å². The predicted octanol–water partition coefficient (Wildman–Crippen LogP) is 5.84. The fourth-order valence-electron chi connectivity index (χ4n) is 4.81. The second-order valence-corrected chi connectivity index (χ2v) is 8.81. The van der Waals surface area contributed by atoms with Gasteiger partial charge in [-0.3, -0.25) is 4.79 Å². The summed E-state index contributed by atoms with van der Waals surface area (Å²) in [5, 5.41) is 4.85. The molecule has 4 rings (SSSR count). The van der Waals surface area contributed by atoms with Crippen molar-refractivity contribution in [1.29, 1.82) is 0 Å². The van der Waals surface area contributed by atoms with Crippen molar-refractivity contribution < 1.29 is 13.6 Å². The highest BCUT2D eigenvalue weighted by atomic mass is 35.5. The van der Waals surface area contributed by atoms with E-state index in [1.165, 1.54) is 6.42 Å². The molecule has 28 heavy (non-hydrogen) atoms. The molecule has 1 aliphatic heterocycles. The molecule has 3 nitrogen and oxygen atoms in total. The van der Waals surface area contributed by atoms with Gasteiger partial charge in [-0.25, -0.2) is 8.78 Å². The molecule has 0 bridgehead atoms. The van der Waals surface area contributed by atoms with Crippen LogP contribution in [0.3, 0.4) is 0 Å². The van der Waals surface area contributed by atoms with E-state index in [1.807, 2.05) is 18.3 Å². The van der Waals surface area contributed by atoms with E-state index in [9.17, 15) is 13.6 Å². The summed E-state index contributed by atoms with van der Waals surface area (Å²) in [5.74, 6) is -2.64. The summed E-state index contributed by atoms with van der Waals surface area (Å²) in [6, 6.07) is 6.11. The van der Waals surface area contributed by atoms with Gasteiger partial charge in [-0.2, -0.15) is 0 Å². The van der Waals surface area contributed by atoms with Crippen molar-refractivity contribution >= 4 is 28.3 Å². The van der Waals surface area contributed by atoms with Crippen LogP contribution in [0.15, 0.2) is 24.4 Å². The van der Waals surface area contributed by atoms with E-state index in [4.69, 9.17) is 11.6 Å². The number of rotatable bonds is 6. The number of carbonyl (C=O) groups excluding carboxylic acids is 1. The second kappa shape index (κ2) is 8.11. The van der Waals surface area contributed by atoms with Crippen LogP contribution in [-0.2, 0) is 6.54 Å². The van der Waals surface area contributed by atoms with Crippen LogP contribution in [-0.4, -0.2) is 28.9 Å². The first-order valence-corrected chi connectivity index (χ1v) is 10.7. The summed E-state index contributed by atoms with van der Waals surface area (Å²) in [4.78, 5) is 13.0. The van der Waals surface area contributed by atoms with Gasteiger partial charge in [0.25, 0.3) is 0 Å². The van der Waals surface area contributed by atoms with Gasteiger partial charge >= 0.3 is 0 Å². The molecule has 6 heteroatoms. The molecule has 2 atom stereocenters. The maximum atomic E-state index is 13.6. The Labute approximate surface area is 169 Å². The van der Waals surface area contributed by atoms with E-state index >= 15 is 0 Å². The Morgan fingerprint density at radius 2 is 2.14 bits per heavy atom. The third kappa shape index (κ3) is 4.25. The van der Waals surface area contributed by atoms with Crippen molar-refractivity contribution in [2.45, 2.75) is 69.9 Å². The number of nitrogens with one attached hydrogen (secondary N) is 1. The third-order valence-corrected chi connectivity index (χ3v) is 6.57. The molecule has 1 aliphatic carbocycles. The fraction of sp³-hybridized carbons (Fsp3) is 0.591. The molecule has 152 valence electrons. The van der Waals surface area contributed by atoms with Crippen LogP contribution in [0.4, 0.5) is 8.78 Å². The van der Waals surface area contributed by atoms with Crippen LogP contribution >= 0.6 is 11.6 Å². The highest BCUT2D eigenvalue weighted by molar-refractivity contribution is 6.37. The Bertz CT molecular complexity index is 858. The SMILES string of the molecule is O=C(CCC1CCCC(F)(F)C1)c1cn(CC2CCCN2)c2cccc(Cl)c12. The van der Waals surface area contributed by atoms with E-state index in [0.29, 0.717) is 35.9 Å². The number of halogens is 3. The van der Waals surface area contributed by atoms with E-state index in [-0.39, 0.29) is 24.5 Å². The number of nitrogens with zero attached hydrogens (tertiary/aromatic N) is 1. The first kappa shape index (κ1) is 19.8. The first-order valence-electron chi connectivity index (χ1n) is 10.3. The topological polar surface area (TPSA) is 34.0 Å². The molecule has 1 aromatic heterocycles. The van der Waals surface area contributed by atoms with Crippen molar-refractivity contribution in [3.8, 4) is 0 Å². The van der Waals surface area contributed by atoms with Crippen LogP contribution in [0, 0.1) is 5.92 Å². The van der Waals surface area contributed by atoms with Gasteiger partial charge in [-0.1, -0.05) is 24.1 Å². The van der Waals surface area contributed by atoms with Crippen LogP contribution in [0.1, 0.15) is 61.7 Å². The van der Waals surface area contributed by atoms with Gasteiger partial charge in [0.2, 0.25) is 5.92 Å². The number of hydrogen-bond donors (Lipinski definition) is 1. The van der Waals surface area contributed by atoms with Gasteiger partial charge in [0.1, 0.15) is 0 Å². The Kier molecular flexibility index (Phi) is 5.75. The number of carbonyl (C=O) groups is 1. The molecule has 0 amide bonds. The summed E-state index contributed by atoms with van der Waals surface area (Å²) in [6.07, 6.45) is 6.26. The van der Waals surface area contributed by atoms with Crippen molar-refractivity contribution in [2.75, 3.05) is 6.54 Å². The molecular formula is C22H27ClF2N2O. The minimum Gasteiger partial charge on any atom is -0.345 e. The molecule has 0 radical (unpaired) electrons. The van der Waals surface area contributed by atoms with Crippen molar-refractivity contribution in [3.63, 3.8) is 0 Å². The number of ketones is 1. The minimum atomic E-state index is -2.57. The summed E-state index contributed by atoms with van der Waals surface area (Å²) < 4.78 is 29.4. The summed E-state index contributed by atoms with van der Waals surface area (Å²) in [5.41, 5.74) is 1.59. The lowest BCUT2D eigenvalue weighted by Crippen LogP contribution is -2.26. The maximum absolute atomic E-state index is 13.6. The van der Waals surface area contributed by atoms with Crippen LogP contribution in [0.25, 0.3) is 10.9 Å². The van der Waals surface area contributed by atoms with Gasteiger partial charge < -0.3 is 9.88 Å². The molecular weight excluding hydrogens is 382 g/mol. The normalized spacial score (nSPS) is 24.7. The van der Waals surface area contributed by atoms with Crippen LogP contribution in [0.2, 0.25) is 5.02 Å². The molecule has 0 spiro atoms. The molecule has 2 aliphatic rings. The van der Waals surface area contributed by atoms with Gasteiger partial charge in [0.15, 0.2) is 5.78 Å². The Morgan fingerprint density at radius 3 is 2.89 bits per heavy atom. The Hall–Kier alpha value is -1.46. The van der Waals surface area contributed by atoms with Gasteiger partial charge in [0, 0.05) is 49.0 Å². The van der Waals surface area contributed by atoms with Crippen molar-refractivity contribution in [2.24, 2.45) is 5.92 Å².